The van der Waals surface area contributed by atoms with Crippen LogP contribution in [0.15, 0.2) is 59.2 Å². The Morgan fingerprint density at radius 3 is 2.66 bits per heavy atom. The molecule has 0 saturated heterocycles. The van der Waals surface area contributed by atoms with Gasteiger partial charge in [0.15, 0.2) is 0 Å². The van der Waals surface area contributed by atoms with Crippen molar-refractivity contribution < 1.29 is 12.8 Å². The molecule has 1 aliphatic carbocycles. The average Bonchev–Trinajstić information content (AvgIpc) is 2.79. The molecule has 0 saturated carbocycles. The largest absolute Gasteiger partial charge is 0.357 e. The second kappa shape index (κ2) is 8.70. The Morgan fingerprint density at radius 2 is 1.97 bits per heavy atom. The minimum Gasteiger partial charge on any atom is -0.357 e. The fraction of sp³-hybridized carbons (Fsp3) is 0.250. The first-order chi connectivity index (χ1) is 15.3. The molecule has 0 fully saturated rings. The Morgan fingerprint density at radius 1 is 1.16 bits per heavy atom. The molecule has 4 rings (SSSR count). The van der Waals surface area contributed by atoms with Gasteiger partial charge in [0.2, 0.25) is 5.95 Å². The molecular weight excluding hydrogens is 427 g/mol. The molecule has 0 aliphatic heterocycles. The number of rotatable bonds is 6. The highest BCUT2D eigenvalue weighted by atomic mass is 32.2. The van der Waals surface area contributed by atoms with Gasteiger partial charge in [-0.15, -0.1) is 0 Å². The fourth-order valence-corrected chi connectivity index (χ4v) is 5.23. The standard InChI is InChI=1S/C24H25FN4O2S/c1-4-16-11-18(12-19-14-27-24(26-3)28-23(16)19)17-9-10-21(20(25)13-17)29-32(30,31)22-8-6-5-7-15(22)2/h6,8-14,29H,4-5,7H2,1-3H3,(H,26,27,28). The van der Waals surface area contributed by atoms with Crippen LogP contribution in [0.5, 0.6) is 0 Å². The molecule has 0 unspecified atom stereocenters. The lowest BCUT2D eigenvalue weighted by Crippen LogP contribution is -2.17. The molecule has 1 aliphatic rings. The van der Waals surface area contributed by atoms with Gasteiger partial charge in [-0.1, -0.05) is 24.6 Å². The summed E-state index contributed by atoms with van der Waals surface area (Å²) < 4.78 is 42.8. The van der Waals surface area contributed by atoms with Crippen molar-refractivity contribution in [1.82, 2.24) is 9.97 Å². The zero-order valence-electron chi connectivity index (χ0n) is 18.2. The maximum atomic E-state index is 14.9. The predicted molar refractivity (Wildman–Crippen MR) is 127 cm³/mol. The number of hydrogen-bond acceptors (Lipinski definition) is 5. The highest BCUT2D eigenvalue weighted by Crippen LogP contribution is 2.31. The molecule has 0 bridgehead atoms. The molecule has 3 aromatic rings. The number of nitrogens with one attached hydrogen (secondary N) is 2. The van der Waals surface area contributed by atoms with Crippen molar-refractivity contribution in [2.24, 2.45) is 0 Å². The van der Waals surface area contributed by atoms with Crippen molar-refractivity contribution in [2.75, 3.05) is 17.1 Å². The third-order valence-electron chi connectivity index (χ3n) is 5.58. The van der Waals surface area contributed by atoms with Crippen molar-refractivity contribution in [1.29, 1.82) is 0 Å². The fourth-order valence-electron chi connectivity index (χ4n) is 3.83. The monoisotopic (exact) mass is 452 g/mol. The Balaban J connectivity index is 1.69. The summed E-state index contributed by atoms with van der Waals surface area (Å²) >= 11 is 0. The van der Waals surface area contributed by atoms with E-state index in [2.05, 4.69) is 20.0 Å². The van der Waals surface area contributed by atoms with Crippen molar-refractivity contribution in [3.05, 3.63) is 70.5 Å². The lowest BCUT2D eigenvalue weighted by Gasteiger charge is -2.15. The van der Waals surface area contributed by atoms with Crippen LogP contribution < -0.4 is 10.0 Å². The molecule has 2 N–H and O–H groups in total. The maximum absolute atomic E-state index is 14.9. The molecule has 8 heteroatoms. The number of hydrogen-bond donors (Lipinski definition) is 2. The number of halogens is 1. The molecule has 1 aromatic heterocycles. The smallest absolute Gasteiger partial charge is 0.261 e. The number of sulfonamides is 1. The zero-order chi connectivity index (χ0) is 22.9. The molecular formula is C24H25FN4O2S. The minimum atomic E-state index is -3.85. The van der Waals surface area contributed by atoms with Gasteiger partial charge in [-0.05, 0) is 73.2 Å². The van der Waals surface area contributed by atoms with Gasteiger partial charge in [0, 0.05) is 18.6 Å². The van der Waals surface area contributed by atoms with E-state index in [1.54, 1.807) is 32.3 Å². The molecule has 2 aromatic carbocycles. The van der Waals surface area contributed by atoms with Crippen LogP contribution in [0.3, 0.4) is 0 Å². The van der Waals surface area contributed by atoms with E-state index in [0.29, 0.717) is 17.9 Å². The Hall–Kier alpha value is -3.26. The topological polar surface area (TPSA) is 84.0 Å². The number of aryl methyl sites for hydroxylation is 1. The van der Waals surface area contributed by atoms with Crippen LogP contribution in [0.1, 0.15) is 32.3 Å². The van der Waals surface area contributed by atoms with E-state index in [9.17, 15) is 12.8 Å². The summed E-state index contributed by atoms with van der Waals surface area (Å²) in [6.45, 7) is 3.82. The first-order valence-electron chi connectivity index (χ1n) is 10.5. The summed E-state index contributed by atoms with van der Waals surface area (Å²) in [4.78, 5) is 9.02. The Kier molecular flexibility index (Phi) is 5.97. The molecule has 0 atom stereocenters. The number of benzene rings is 2. The number of aromatic nitrogens is 2. The van der Waals surface area contributed by atoms with Gasteiger partial charge >= 0.3 is 0 Å². The van der Waals surface area contributed by atoms with Crippen LogP contribution in [0, 0.1) is 5.82 Å². The maximum Gasteiger partial charge on any atom is 0.261 e. The molecule has 1 heterocycles. The lowest BCUT2D eigenvalue weighted by atomic mass is 9.98. The normalized spacial score (nSPS) is 14.1. The molecule has 0 spiro atoms. The van der Waals surface area contributed by atoms with Gasteiger partial charge in [0.1, 0.15) is 5.82 Å². The highest BCUT2D eigenvalue weighted by Gasteiger charge is 2.21. The summed E-state index contributed by atoms with van der Waals surface area (Å²) in [6.07, 6.45) is 7.37. The highest BCUT2D eigenvalue weighted by molar-refractivity contribution is 7.96. The van der Waals surface area contributed by atoms with Crippen molar-refractivity contribution in [3.63, 3.8) is 0 Å². The van der Waals surface area contributed by atoms with Crippen LogP contribution in [-0.4, -0.2) is 25.4 Å². The Labute approximate surface area is 187 Å². The first kappa shape index (κ1) is 22.0. The molecule has 0 amide bonds. The van der Waals surface area contributed by atoms with E-state index in [-0.39, 0.29) is 10.6 Å². The summed E-state index contributed by atoms with van der Waals surface area (Å²) in [5.41, 5.74) is 4.03. The predicted octanol–water partition coefficient (Wildman–Crippen LogP) is 5.41. The quantitative estimate of drug-likeness (QED) is 0.523. The first-order valence-corrected chi connectivity index (χ1v) is 12.0. The van der Waals surface area contributed by atoms with Crippen LogP contribution in [0.4, 0.5) is 16.0 Å². The molecule has 6 nitrogen and oxygen atoms in total. The number of anilines is 2. The number of nitrogens with zero attached hydrogens (tertiary/aromatic N) is 2. The van der Waals surface area contributed by atoms with Gasteiger partial charge in [-0.3, -0.25) is 4.72 Å². The van der Waals surface area contributed by atoms with Gasteiger partial charge < -0.3 is 5.32 Å². The van der Waals surface area contributed by atoms with Gasteiger partial charge in [0.25, 0.3) is 10.0 Å². The number of fused-ring (bicyclic) bond motifs is 1. The van der Waals surface area contributed by atoms with E-state index in [4.69, 9.17) is 0 Å². The van der Waals surface area contributed by atoms with Crippen molar-refractivity contribution in [2.45, 2.75) is 33.1 Å². The Bertz CT molecular complexity index is 1360. The zero-order valence-corrected chi connectivity index (χ0v) is 19.1. The van der Waals surface area contributed by atoms with Gasteiger partial charge in [0.05, 0.1) is 16.1 Å². The molecule has 0 radical (unpaired) electrons. The van der Waals surface area contributed by atoms with Crippen molar-refractivity contribution in [3.8, 4) is 11.1 Å². The average molecular weight is 453 g/mol. The van der Waals surface area contributed by atoms with E-state index in [0.717, 1.165) is 40.4 Å². The third-order valence-corrected chi connectivity index (χ3v) is 7.13. The van der Waals surface area contributed by atoms with Crippen LogP contribution >= 0.6 is 0 Å². The van der Waals surface area contributed by atoms with Crippen LogP contribution in [0.25, 0.3) is 22.0 Å². The summed E-state index contributed by atoms with van der Waals surface area (Å²) in [5, 5.41) is 3.80. The van der Waals surface area contributed by atoms with E-state index >= 15 is 0 Å². The van der Waals surface area contributed by atoms with E-state index in [1.165, 1.54) is 12.1 Å². The van der Waals surface area contributed by atoms with Crippen LogP contribution in [-0.2, 0) is 16.4 Å². The second-order valence-corrected chi connectivity index (χ2v) is 9.41. The number of allylic oxidation sites excluding steroid dienone is 3. The summed E-state index contributed by atoms with van der Waals surface area (Å²) in [5.74, 6) is -0.0927. The van der Waals surface area contributed by atoms with E-state index in [1.807, 2.05) is 25.1 Å². The van der Waals surface area contributed by atoms with Crippen molar-refractivity contribution >= 4 is 32.6 Å². The molecule has 166 valence electrons. The van der Waals surface area contributed by atoms with Gasteiger partial charge in [-0.25, -0.2) is 22.8 Å². The van der Waals surface area contributed by atoms with Crippen LogP contribution in [0.2, 0.25) is 0 Å². The second-order valence-electron chi connectivity index (χ2n) is 7.76. The minimum absolute atomic E-state index is 0.0773. The lowest BCUT2D eigenvalue weighted by molar-refractivity contribution is 0.604. The van der Waals surface area contributed by atoms with Gasteiger partial charge in [-0.2, -0.15) is 0 Å². The van der Waals surface area contributed by atoms with E-state index < -0.39 is 15.8 Å². The summed E-state index contributed by atoms with van der Waals surface area (Å²) in [7, 11) is -2.09. The summed E-state index contributed by atoms with van der Waals surface area (Å²) in [6, 6.07) is 8.41. The molecule has 32 heavy (non-hydrogen) atoms. The SMILES string of the molecule is CCc1cc(-c2ccc(NS(=O)(=O)C3=C(C)CCC=C3)c(F)c2)cc2cnc(NC)nc12. The third kappa shape index (κ3) is 4.23.